The van der Waals surface area contributed by atoms with Crippen LogP contribution in [0.5, 0.6) is 0 Å². The normalized spacial score (nSPS) is 15.4. The number of carbonyl (C=O) groups excluding carboxylic acids is 4. The molecule has 2 N–H and O–H groups in total. The van der Waals surface area contributed by atoms with Gasteiger partial charge in [0, 0.05) is 11.4 Å². The maximum atomic E-state index is 13.7. The van der Waals surface area contributed by atoms with Gasteiger partial charge in [-0.05, 0) is 54.9 Å². The first-order valence-electron chi connectivity index (χ1n) is 12.6. The number of anilines is 1. The van der Waals surface area contributed by atoms with Gasteiger partial charge in [0.15, 0.2) is 0 Å². The number of imide groups is 1. The molecule has 7 nitrogen and oxygen atoms in total. The number of hydrogen-bond acceptors (Lipinski definition) is 5. The number of rotatable bonds is 7. The fourth-order valence-electron chi connectivity index (χ4n) is 5.13. The van der Waals surface area contributed by atoms with Crippen LogP contribution >= 0.6 is 11.3 Å². The van der Waals surface area contributed by atoms with E-state index in [4.69, 9.17) is 0 Å². The number of amides is 4. The minimum Gasteiger partial charge on any atom is -0.348 e. The molecule has 0 spiro atoms. The molecule has 190 valence electrons. The average Bonchev–Trinajstić information content (AvgIpc) is 3.38. The second kappa shape index (κ2) is 10.3. The van der Waals surface area contributed by atoms with Gasteiger partial charge in [-0.2, -0.15) is 0 Å². The molecule has 3 aromatic rings. The molecule has 1 aliphatic heterocycles. The summed E-state index contributed by atoms with van der Waals surface area (Å²) < 4.78 is 0. The predicted molar refractivity (Wildman–Crippen MR) is 143 cm³/mol. The molecule has 1 atom stereocenters. The van der Waals surface area contributed by atoms with Crippen LogP contribution in [-0.4, -0.2) is 34.6 Å². The topological polar surface area (TPSA) is 95.6 Å². The highest BCUT2D eigenvalue weighted by molar-refractivity contribution is 7.17. The molecule has 1 unspecified atom stereocenters. The predicted octanol–water partition coefficient (Wildman–Crippen LogP) is 4.82. The Morgan fingerprint density at radius 3 is 2.19 bits per heavy atom. The van der Waals surface area contributed by atoms with E-state index in [-0.39, 0.29) is 11.8 Å². The van der Waals surface area contributed by atoms with E-state index in [0.717, 1.165) is 46.6 Å². The van der Waals surface area contributed by atoms with Crippen molar-refractivity contribution in [3.63, 3.8) is 0 Å². The van der Waals surface area contributed by atoms with Crippen LogP contribution in [0.1, 0.15) is 73.8 Å². The van der Waals surface area contributed by atoms with Crippen LogP contribution in [0.4, 0.5) is 5.00 Å². The maximum Gasteiger partial charge on any atom is 0.262 e. The monoisotopic (exact) mass is 515 g/mol. The summed E-state index contributed by atoms with van der Waals surface area (Å²) in [6, 6.07) is 15.3. The average molecular weight is 516 g/mol. The number of fused-ring (bicyclic) bond motifs is 2. The molecule has 2 heterocycles. The first-order valence-corrected chi connectivity index (χ1v) is 13.4. The molecule has 4 amide bonds. The van der Waals surface area contributed by atoms with Crippen molar-refractivity contribution >= 4 is 40.0 Å². The Kier molecular flexibility index (Phi) is 6.93. The molecular formula is C29H29N3O4S. The summed E-state index contributed by atoms with van der Waals surface area (Å²) in [7, 11) is 0. The van der Waals surface area contributed by atoms with Gasteiger partial charge in [-0.3, -0.25) is 24.1 Å². The summed E-state index contributed by atoms with van der Waals surface area (Å²) in [5, 5.41) is 6.42. The SMILES string of the molecule is CC(C)C(C(=O)Nc1sc2c(c1C(=O)NCc1ccccc1)CCCC2)N1C(=O)c2ccccc2C1=O. The Bertz CT molecular complexity index is 1340. The number of nitrogens with zero attached hydrogens (tertiary/aromatic N) is 1. The molecule has 5 rings (SSSR count). The van der Waals surface area contributed by atoms with Crippen LogP contribution in [0, 0.1) is 5.92 Å². The van der Waals surface area contributed by atoms with E-state index in [9.17, 15) is 19.2 Å². The highest BCUT2D eigenvalue weighted by Crippen LogP contribution is 2.39. The van der Waals surface area contributed by atoms with Gasteiger partial charge in [0.1, 0.15) is 11.0 Å². The number of thiophene rings is 1. The van der Waals surface area contributed by atoms with Crippen molar-refractivity contribution in [2.75, 3.05) is 5.32 Å². The summed E-state index contributed by atoms with van der Waals surface area (Å²) in [5.41, 5.74) is 3.07. The molecule has 1 aliphatic carbocycles. The minimum absolute atomic E-state index is 0.236. The van der Waals surface area contributed by atoms with Gasteiger partial charge in [-0.1, -0.05) is 56.3 Å². The molecule has 0 saturated carbocycles. The van der Waals surface area contributed by atoms with Gasteiger partial charge in [0.05, 0.1) is 16.7 Å². The van der Waals surface area contributed by atoms with Crippen LogP contribution in [0.25, 0.3) is 0 Å². The third kappa shape index (κ3) is 4.69. The summed E-state index contributed by atoms with van der Waals surface area (Å²) in [6.45, 7) is 3.99. The number of carbonyl (C=O) groups is 4. The van der Waals surface area contributed by atoms with E-state index in [1.165, 1.54) is 11.3 Å². The fourth-order valence-corrected chi connectivity index (χ4v) is 6.41. The van der Waals surface area contributed by atoms with Gasteiger partial charge in [-0.15, -0.1) is 11.3 Å². The van der Waals surface area contributed by atoms with E-state index in [1.807, 2.05) is 30.3 Å². The highest BCUT2D eigenvalue weighted by atomic mass is 32.1. The van der Waals surface area contributed by atoms with Crippen LogP contribution in [0.3, 0.4) is 0 Å². The number of hydrogen-bond donors (Lipinski definition) is 2. The number of benzene rings is 2. The molecule has 1 aromatic heterocycles. The van der Waals surface area contributed by atoms with Crippen molar-refractivity contribution in [2.24, 2.45) is 5.92 Å². The second-order valence-electron chi connectivity index (χ2n) is 9.79. The van der Waals surface area contributed by atoms with Crippen molar-refractivity contribution < 1.29 is 19.2 Å². The van der Waals surface area contributed by atoms with Crippen LogP contribution in [-0.2, 0) is 24.2 Å². The van der Waals surface area contributed by atoms with E-state index in [0.29, 0.717) is 28.2 Å². The largest absolute Gasteiger partial charge is 0.348 e. The Hall–Kier alpha value is -3.78. The molecule has 37 heavy (non-hydrogen) atoms. The van der Waals surface area contributed by atoms with E-state index < -0.39 is 23.8 Å². The van der Waals surface area contributed by atoms with Gasteiger partial charge >= 0.3 is 0 Å². The third-order valence-corrected chi connectivity index (χ3v) is 8.14. The Morgan fingerprint density at radius 2 is 1.54 bits per heavy atom. The van der Waals surface area contributed by atoms with E-state index in [2.05, 4.69) is 10.6 Å². The zero-order chi connectivity index (χ0) is 26.1. The number of nitrogens with one attached hydrogen (secondary N) is 2. The molecule has 0 bridgehead atoms. The minimum atomic E-state index is -1.01. The fraction of sp³-hybridized carbons (Fsp3) is 0.310. The van der Waals surface area contributed by atoms with Crippen LogP contribution in [0.15, 0.2) is 54.6 Å². The van der Waals surface area contributed by atoms with E-state index in [1.54, 1.807) is 38.1 Å². The molecule has 0 fully saturated rings. The van der Waals surface area contributed by atoms with Crippen molar-refractivity contribution in [3.05, 3.63) is 87.3 Å². The highest BCUT2D eigenvalue weighted by Gasteiger charge is 2.44. The van der Waals surface area contributed by atoms with Gasteiger partial charge in [-0.25, -0.2) is 0 Å². The Morgan fingerprint density at radius 1 is 0.919 bits per heavy atom. The molecule has 0 saturated heterocycles. The maximum absolute atomic E-state index is 13.7. The summed E-state index contributed by atoms with van der Waals surface area (Å²) >= 11 is 1.42. The quantitative estimate of drug-likeness (QED) is 0.441. The molecule has 2 aliphatic rings. The lowest BCUT2D eigenvalue weighted by Crippen LogP contribution is -2.50. The standard InChI is InChI=1S/C29H29N3O4S/c1-17(2)24(32-28(35)19-12-6-7-13-20(19)29(32)36)26(34)31-27-23(21-14-8-9-15-22(21)37-27)25(33)30-16-18-10-4-3-5-11-18/h3-7,10-13,17,24H,8-9,14-16H2,1-2H3,(H,30,33)(H,31,34). The smallest absolute Gasteiger partial charge is 0.262 e. The summed E-state index contributed by atoms with van der Waals surface area (Å²) in [4.78, 5) is 55.5. The van der Waals surface area contributed by atoms with Gasteiger partial charge in [0.25, 0.3) is 17.7 Å². The summed E-state index contributed by atoms with van der Waals surface area (Å²) in [6.07, 6.45) is 3.66. The van der Waals surface area contributed by atoms with Gasteiger partial charge < -0.3 is 10.6 Å². The Balaban J connectivity index is 1.42. The van der Waals surface area contributed by atoms with Crippen molar-refractivity contribution in [1.29, 1.82) is 0 Å². The molecule has 0 radical (unpaired) electrons. The first-order chi connectivity index (χ1) is 17.9. The molecular weight excluding hydrogens is 486 g/mol. The number of aryl methyl sites for hydroxylation is 1. The summed E-state index contributed by atoms with van der Waals surface area (Å²) in [5.74, 6) is -1.98. The zero-order valence-corrected chi connectivity index (χ0v) is 21.7. The van der Waals surface area contributed by atoms with Gasteiger partial charge in [0.2, 0.25) is 5.91 Å². The Labute approximate surface area is 219 Å². The van der Waals surface area contributed by atoms with Crippen LogP contribution < -0.4 is 10.6 Å². The zero-order valence-electron chi connectivity index (χ0n) is 20.9. The van der Waals surface area contributed by atoms with Crippen molar-refractivity contribution in [3.8, 4) is 0 Å². The van der Waals surface area contributed by atoms with Crippen LogP contribution in [0.2, 0.25) is 0 Å². The first kappa shape index (κ1) is 24.9. The van der Waals surface area contributed by atoms with Crippen molar-refractivity contribution in [1.82, 2.24) is 10.2 Å². The van der Waals surface area contributed by atoms with Crippen molar-refractivity contribution in [2.45, 2.75) is 52.1 Å². The molecule has 8 heteroatoms. The lowest BCUT2D eigenvalue weighted by atomic mass is 9.95. The third-order valence-electron chi connectivity index (χ3n) is 6.93. The molecule has 2 aromatic carbocycles. The second-order valence-corrected chi connectivity index (χ2v) is 10.9. The lowest BCUT2D eigenvalue weighted by Gasteiger charge is -2.28. The lowest BCUT2D eigenvalue weighted by molar-refractivity contribution is -0.121. The van der Waals surface area contributed by atoms with E-state index >= 15 is 0 Å².